The second kappa shape index (κ2) is 8.81. The molecule has 1 saturated heterocycles. The number of benzene rings is 1. The van der Waals surface area contributed by atoms with Gasteiger partial charge < -0.3 is 10.0 Å². The van der Waals surface area contributed by atoms with Crippen molar-refractivity contribution in [2.75, 3.05) is 37.7 Å². The number of nitriles is 1. The Kier molecular flexibility index (Phi) is 6.77. The van der Waals surface area contributed by atoms with Gasteiger partial charge in [0, 0.05) is 18.8 Å². The van der Waals surface area contributed by atoms with Gasteiger partial charge in [0.05, 0.1) is 19.0 Å². The highest BCUT2D eigenvalue weighted by Gasteiger charge is 2.23. The molecule has 0 spiro atoms. The van der Waals surface area contributed by atoms with Gasteiger partial charge in [-0.3, -0.25) is 9.69 Å². The zero-order valence-electron chi connectivity index (χ0n) is 14.7. The number of piperidine rings is 1. The van der Waals surface area contributed by atoms with E-state index in [-0.39, 0.29) is 12.5 Å². The van der Waals surface area contributed by atoms with Crippen molar-refractivity contribution in [2.24, 2.45) is 5.92 Å². The molecule has 1 N–H and O–H groups in total. The number of aryl methyl sites for hydroxylation is 2. The molecule has 1 amide bonds. The number of aliphatic hydroxyl groups excluding tert-OH is 1. The van der Waals surface area contributed by atoms with Gasteiger partial charge in [-0.05, 0) is 69.0 Å². The summed E-state index contributed by atoms with van der Waals surface area (Å²) >= 11 is 0. The van der Waals surface area contributed by atoms with Crippen LogP contribution >= 0.6 is 0 Å². The molecular formula is C19H27N3O2. The maximum Gasteiger partial charge on any atom is 0.241 e. The Hall–Kier alpha value is -1.90. The fourth-order valence-electron chi connectivity index (χ4n) is 3.27. The maximum absolute atomic E-state index is 12.8. The van der Waals surface area contributed by atoms with Crippen molar-refractivity contribution in [2.45, 2.75) is 33.1 Å². The molecule has 2 rings (SSSR count). The summed E-state index contributed by atoms with van der Waals surface area (Å²) in [5.41, 5.74) is 3.10. The van der Waals surface area contributed by atoms with Crippen LogP contribution in [0.3, 0.4) is 0 Å². The summed E-state index contributed by atoms with van der Waals surface area (Å²) in [5, 5.41) is 18.1. The number of carbonyl (C=O) groups excluding carboxylic acids is 1. The lowest BCUT2D eigenvalue weighted by Crippen LogP contribution is -2.44. The van der Waals surface area contributed by atoms with E-state index in [1.165, 1.54) is 0 Å². The molecule has 1 aliphatic rings. The summed E-state index contributed by atoms with van der Waals surface area (Å²) in [7, 11) is 0. The van der Waals surface area contributed by atoms with Crippen molar-refractivity contribution in [3.8, 4) is 6.07 Å². The van der Waals surface area contributed by atoms with Gasteiger partial charge in [-0.15, -0.1) is 0 Å². The van der Waals surface area contributed by atoms with Crippen LogP contribution in [-0.4, -0.2) is 48.7 Å². The van der Waals surface area contributed by atoms with Crippen molar-refractivity contribution < 1.29 is 9.90 Å². The van der Waals surface area contributed by atoms with Crippen LogP contribution in [0.2, 0.25) is 0 Å². The highest BCUT2D eigenvalue weighted by atomic mass is 16.3. The van der Waals surface area contributed by atoms with Crippen LogP contribution in [0, 0.1) is 31.1 Å². The average molecular weight is 329 g/mol. The normalized spacial score (nSPS) is 15.9. The van der Waals surface area contributed by atoms with Crippen LogP contribution < -0.4 is 4.90 Å². The molecule has 0 atom stereocenters. The first-order valence-electron chi connectivity index (χ1n) is 8.62. The number of carbonyl (C=O) groups is 1. The maximum atomic E-state index is 12.8. The molecule has 130 valence electrons. The van der Waals surface area contributed by atoms with E-state index in [2.05, 4.69) is 17.0 Å². The van der Waals surface area contributed by atoms with Crippen molar-refractivity contribution in [1.29, 1.82) is 5.26 Å². The predicted octanol–water partition coefficient (Wildman–Crippen LogP) is 2.25. The number of rotatable bonds is 6. The Bertz CT molecular complexity index is 581. The first kappa shape index (κ1) is 18.4. The Morgan fingerprint density at radius 2 is 1.92 bits per heavy atom. The van der Waals surface area contributed by atoms with Crippen LogP contribution in [0.5, 0.6) is 0 Å². The smallest absolute Gasteiger partial charge is 0.241 e. The van der Waals surface area contributed by atoms with Gasteiger partial charge in [0.1, 0.15) is 0 Å². The van der Waals surface area contributed by atoms with Crippen molar-refractivity contribution >= 4 is 11.6 Å². The Morgan fingerprint density at radius 1 is 1.29 bits per heavy atom. The monoisotopic (exact) mass is 329 g/mol. The fraction of sp³-hybridized carbons (Fsp3) is 0.579. The topological polar surface area (TPSA) is 67.6 Å². The van der Waals surface area contributed by atoms with Gasteiger partial charge in [0.25, 0.3) is 0 Å². The first-order chi connectivity index (χ1) is 11.5. The summed E-state index contributed by atoms with van der Waals surface area (Å²) < 4.78 is 0. The Balaban J connectivity index is 2.07. The third kappa shape index (κ3) is 5.05. The van der Waals surface area contributed by atoms with E-state index < -0.39 is 0 Å². The number of aliphatic hydroxyl groups is 1. The van der Waals surface area contributed by atoms with Gasteiger partial charge in [-0.25, -0.2) is 0 Å². The number of amides is 1. The summed E-state index contributed by atoms with van der Waals surface area (Å²) in [6.07, 6.45) is 2.20. The van der Waals surface area contributed by atoms with Crippen molar-refractivity contribution in [3.63, 3.8) is 0 Å². The van der Waals surface area contributed by atoms with Gasteiger partial charge in [0.15, 0.2) is 0 Å². The standard InChI is InChI=1S/C19H27N3O2/c1-15-10-16(2)12-18(11-15)22(7-3-6-20)19(24)13-21-8-4-17(14-23)5-9-21/h10-12,17,23H,3-5,7-9,13-14H2,1-2H3. The molecule has 1 aromatic carbocycles. The van der Waals surface area contributed by atoms with Gasteiger partial charge >= 0.3 is 0 Å². The average Bonchev–Trinajstić information content (AvgIpc) is 2.55. The second-order valence-corrected chi connectivity index (χ2v) is 6.70. The SMILES string of the molecule is Cc1cc(C)cc(N(CCC#N)C(=O)CN2CCC(CO)CC2)c1. The number of nitrogens with zero attached hydrogens (tertiary/aromatic N) is 3. The molecule has 0 bridgehead atoms. The zero-order chi connectivity index (χ0) is 17.5. The molecule has 0 aliphatic carbocycles. The largest absolute Gasteiger partial charge is 0.396 e. The van der Waals surface area contributed by atoms with E-state index >= 15 is 0 Å². The lowest BCUT2D eigenvalue weighted by atomic mass is 9.98. The molecule has 0 radical (unpaired) electrons. The van der Waals surface area contributed by atoms with Gasteiger partial charge in [-0.1, -0.05) is 6.07 Å². The summed E-state index contributed by atoms with van der Waals surface area (Å²) in [5.74, 6) is 0.406. The summed E-state index contributed by atoms with van der Waals surface area (Å²) in [4.78, 5) is 16.7. The molecule has 1 fully saturated rings. The third-order valence-corrected chi connectivity index (χ3v) is 4.59. The number of anilines is 1. The van der Waals surface area contributed by atoms with Gasteiger partial charge in [-0.2, -0.15) is 5.26 Å². The number of likely N-dealkylation sites (tertiary alicyclic amines) is 1. The van der Waals surface area contributed by atoms with E-state index in [1.54, 1.807) is 4.90 Å². The van der Waals surface area contributed by atoms with Crippen LogP contribution in [0.1, 0.15) is 30.4 Å². The molecule has 0 aromatic heterocycles. The molecule has 1 heterocycles. The molecule has 5 nitrogen and oxygen atoms in total. The van der Waals surface area contributed by atoms with Crippen molar-refractivity contribution in [3.05, 3.63) is 29.3 Å². The first-order valence-corrected chi connectivity index (χ1v) is 8.62. The summed E-state index contributed by atoms with van der Waals surface area (Å²) in [6.45, 7) is 6.75. The quantitative estimate of drug-likeness (QED) is 0.869. The van der Waals surface area contributed by atoms with E-state index in [9.17, 15) is 9.90 Å². The molecule has 1 aliphatic heterocycles. The third-order valence-electron chi connectivity index (χ3n) is 4.59. The molecular weight excluding hydrogens is 302 g/mol. The molecule has 0 saturated carbocycles. The van der Waals surface area contributed by atoms with E-state index in [4.69, 9.17) is 5.26 Å². The predicted molar refractivity (Wildman–Crippen MR) is 94.7 cm³/mol. The van der Waals surface area contributed by atoms with Crippen molar-refractivity contribution in [1.82, 2.24) is 4.90 Å². The number of hydrogen-bond acceptors (Lipinski definition) is 4. The molecule has 5 heteroatoms. The molecule has 1 aromatic rings. The lowest BCUT2D eigenvalue weighted by molar-refractivity contribution is -0.120. The molecule has 24 heavy (non-hydrogen) atoms. The summed E-state index contributed by atoms with van der Waals surface area (Å²) in [6, 6.07) is 8.21. The highest BCUT2D eigenvalue weighted by Crippen LogP contribution is 2.21. The minimum atomic E-state index is 0.0395. The van der Waals surface area contributed by atoms with Crippen LogP contribution in [0.25, 0.3) is 0 Å². The van der Waals surface area contributed by atoms with E-state index in [0.29, 0.717) is 25.4 Å². The highest BCUT2D eigenvalue weighted by molar-refractivity contribution is 5.95. The molecule has 0 unspecified atom stereocenters. The second-order valence-electron chi connectivity index (χ2n) is 6.70. The Labute approximate surface area is 144 Å². The number of hydrogen-bond donors (Lipinski definition) is 1. The zero-order valence-corrected chi connectivity index (χ0v) is 14.7. The Morgan fingerprint density at radius 3 is 2.46 bits per heavy atom. The fourth-order valence-corrected chi connectivity index (χ4v) is 3.27. The van der Waals surface area contributed by atoms with E-state index in [0.717, 1.165) is 42.7 Å². The van der Waals surface area contributed by atoms with Crippen LogP contribution in [0.4, 0.5) is 5.69 Å². The minimum Gasteiger partial charge on any atom is -0.396 e. The minimum absolute atomic E-state index is 0.0395. The van der Waals surface area contributed by atoms with Crippen LogP contribution in [0.15, 0.2) is 18.2 Å². The lowest BCUT2D eigenvalue weighted by Gasteiger charge is -2.32. The van der Waals surface area contributed by atoms with E-state index in [1.807, 2.05) is 26.0 Å². The van der Waals surface area contributed by atoms with Crippen LogP contribution in [-0.2, 0) is 4.79 Å². The van der Waals surface area contributed by atoms with Gasteiger partial charge in [0.2, 0.25) is 5.91 Å².